The Morgan fingerprint density at radius 2 is 2.58 bits per heavy atom. The maximum atomic E-state index is 10.8. The van der Waals surface area contributed by atoms with Gasteiger partial charge in [0.2, 0.25) is 5.88 Å². The molecule has 1 N–H and O–H groups in total. The summed E-state index contributed by atoms with van der Waals surface area (Å²) in [6.07, 6.45) is -0.534. The lowest BCUT2D eigenvalue weighted by Crippen LogP contribution is -2.12. The fourth-order valence-corrected chi connectivity index (χ4v) is 0.690. The van der Waals surface area contributed by atoms with E-state index in [1.807, 2.05) is 0 Å². The number of aryl methyl sites for hydroxylation is 1. The minimum atomic E-state index is -0.534. The lowest BCUT2D eigenvalue weighted by molar-refractivity contribution is 0.167. The zero-order valence-corrected chi connectivity index (χ0v) is 6.96. The molecular weight excluding hydrogens is 160 g/mol. The Morgan fingerprint density at radius 1 is 1.83 bits per heavy atom. The lowest BCUT2D eigenvalue weighted by atomic mass is 10.5. The number of anilines is 1. The lowest BCUT2D eigenvalue weighted by Gasteiger charge is -1.99. The van der Waals surface area contributed by atoms with Crippen LogP contribution < -0.4 is 5.32 Å². The summed E-state index contributed by atoms with van der Waals surface area (Å²) in [4.78, 5) is 10.8. The standard InChI is InChI=1S/C7H10N2O3/c1-3-11-7(10)8-6-4-5(2)9-12-6/h4H,3H2,1-2H3,(H,8,10). The number of hydrogen-bond donors (Lipinski definition) is 1. The summed E-state index contributed by atoms with van der Waals surface area (Å²) >= 11 is 0. The summed E-state index contributed by atoms with van der Waals surface area (Å²) in [5.74, 6) is 0.297. The third kappa shape index (κ3) is 2.26. The van der Waals surface area contributed by atoms with Gasteiger partial charge in [-0.1, -0.05) is 5.16 Å². The summed E-state index contributed by atoms with van der Waals surface area (Å²) < 4.78 is 9.34. The van der Waals surface area contributed by atoms with Gasteiger partial charge in [0.25, 0.3) is 0 Å². The second-order valence-corrected chi connectivity index (χ2v) is 2.18. The van der Waals surface area contributed by atoms with E-state index in [0.717, 1.165) is 0 Å². The van der Waals surface area contributed by atoms with E-state index in [4.69, 9.17) is 4.52 Å². The molecule has 0 aliphatic carbocycles. The Bertz CT molecular complexity index is 269. The highest BCUT2D eigenvalue weighted by Crippen LogP contribution is 2.07. The molecule has 1 aromatic rings. The Morgan fingerprint density at radius 3 is 3.08 bits per heavy atom. The highest BCUT2D eigenvalue weighted by Gasteiger charge is 2.05. The second kappa shape index (κ2) is 3.75. The molecule has 0 aromatic carbocycles. The molecule has 1 rings (SSSR count). The van der Waals surface area contributed by atoms with Crippen molar-refractivity contribution >= 4 is 12.0 Å². The van der Waals surface area contributed by atoms with Crippen molar-refractivity contribution in [2.45, 2.75) is 13.8 Å². The SMILES string of the molecule is CCOC(=O)Nc1cc(C)no1. The molecule has 66 valence electrons. The molecule has 0 spiro atoms. The van der Waals surface area contributed by atoms with Crippen LogP contribution in [0.3, 0.4) is 0 Å². The van der Waals surface area contributed by atoms with E-state index in [2.05, 4.69) is 15.2 Å². The van der Waals surface area contributed by atoms with Gasteiger partial charge >= 0.3 is 6.09 Å². The summed E-state index contributed by atoms with van der Waals surface area (Å²) in [5.41, 5.74) is 0.710. The zero-order chi connectivity index (χ0) is 8.97. The number of amides is 1. The largest absolute Gasteiger partial charge is 0.450 e. The van der Waals surface area contributed by atoms with Crippen molar-refractivity contribution < 1.29 is 14.1 Å². The number of nitrogens with one attached hydrogen (secondary N) is 1. The van der Waals surface area contributed by atoms with E-state index in [-0.39, 0.29) is 0 Å². The van der Waals surface area contributed by atoms with Gasteiger partial charge in [0, 0.05) is 6.07 Å². The number of carbonyl (C=O) groups excluding carboxylic acids is 1. The maximum absolute atomic E-state index is 10.8. The summed E-state index contributed by atoms with van der Waals surface area (Å²) in [5, 5.41) is 5.96. The van der Waals surface area contributed by atoms with Crippen molar-refractivity contribution in [1.29, 1.82) is 0 Å². The van der Waals surface area contributed by atoms with Crippen LogP contribution in [0, 0.1) is 6.92 Å². The highest BCUT2D eigenvalue weighted by atomic mass is 16.6. The first-order valence-electron chi connectivity index (χ1n) is 3.59. The van der Waals surface area contributed by atoms with Gasteiger partial charge in [0.1, 0.15) is 0 Å². The molecular formula is C7H10N2O3. The molecule has 0 atom stereocenters. The predicted molar refractivity (Wildman–Crippen MR) is 41.9 cm³/mol. The third-order valence-corrected chi connectivity index (χ3v) is 1.13. The first-order valence-corrected chi connectivity index (χ1v) is 3.59. The van der Waals surface area contributed by atoms with Crippen LogP contribution in [0.5, 0.6) is 0 Å². The van der Waals surface area contributed by atoms with E-state index in [9.17, 15) is 4.79 Å². The molecule has 0 bridgehead atoms. The Labute approximate surface area is 69.7 Å². The fourth-order valence-electron chi connectivity index (χ4n) is 0.690. The van der Waals surface area contributed by atoms with Crippen LogP contribution in [0.15, 0.2) is 10.6 Å². The van der Waals surface area contributed by atoms with Crippen LogP contribution in [0.2, 0.25) is 0 Å². The minimum Gasteiger partial charge on any atom is -0.450 e. The first kappa shape index (κ1) is 8.58. The van der Waals surface area contributed by atoms with E-state index in [1.54, 1.807) is 19.9 Å². The first-order chi connectivity index (χ1) is 5.72. The molecule has 0 unspecified atom stereocenters. The van der Waals surface area contributed by atoms with Crippen molar-refractivity contribution in [3.63, 3.8) is 0 Å². The van der Waals surface area contributed by atoms with E-state index < -0.39 is 6.09 Å². The normalized spacial score (nSPS) is 9.50. The molecule has 0 aliphatic rings. The van der Waals surface area contributed by atoms with Crippen LogP contribution in [0.25, 0.3) is 0 Å². The van der Waals surface area contributed by atoms with Gasteiger partial charge < -0.3 is 9.26 Å². The summed E-state index contributed by atoms with van der Waals surface area (Å²) in [6, 6.07) is 1.61. The molecule has 5 nitrogen and oxygen atoms in total. The van der Waals surface area contributed by atoms with Gasteiger partial charge in [-0.15, -0.1) is 0 Å². The molecule has 0 aliphatic heterocycles. The molecule has 12 heavy (non-hydrogen) atoms. The molecule has 0 fully saturated rings. The Hall–Kier alpha value is -1.52. The predicted octanol–water partition coefficient (Wildman–Crippen LogP) is 1.55. The number of hydrogen-bond acceptors (Lipinski definition) is 4. The molecule has 1 aromatic heterocycles. The smallest absolute Gasteiger partial charge is 0.414 e. The number of ether oxygens (including phenoxy) is 1. The van der Waals surface area contributed by atoms with E-state index in [0.29, 0.717) is 18.2 Å². The van der Waals surface area contributed by atoms with Crippen molar-refractivity contribution in [3.05, 3.63) is 11.8 Å². The quantitative estimate of drug-likeness (QED) is 0.731. The van der Waals surface area contributed by atoms with Crippen molar-refractivity contribution in [2.75, 3.05) is 11.9 Å². The Kier molecular flexibility index (Phi) is 2.68. The van der Waals surface area contributed by atoms with E-state index >= 15 is 0 Å². The Balaban J connectivity index is 2.46. The number of aromatic nitrogens is 1. The average molecular weight is 170 g/mol. The monoisotopic (exact) mass is 170 g/mol. The van der Waals surface area contributed by atoms with E-state index in [1.165, 1.54) is 0 Å². The van der Waals surface area contributed by atoms with Crippen molar-refractivity contribution in [3.8, 4) is 0 Å². The number of rotatable bonds is 2. The zero-order valence-electron chi connectivity index (χ0n) is 6.96. The van der Waals surface area contributed by atoms with Crippen LogP contribution in [-0.2, 0) is 4.74 Å². The fraction of sp³-hybridized carbons (Fsp3) is 0.429. The number of carbonyl (C=O) groups is 1. The van der Waals surface area contributed by atoms with Crippen LogP contribution in [0.4, 0.5) is 10.7 Å². The summed E-state index contributed by atoms with van der Waals surface area (Å²) in [6.45, 7) is 3.82. The van der Waals surface area contributed by atoms with Gasteiger partial charge in [0.15, 0.2) is 0 Å². The average Bonchev–Trinajstić information content (AvgIpc) is 2.36. The summed E-state index contributed by atoms with van der Waals surface area (Å²) in [7, 11) is 0. The molecule has 1 amide bonds. The van der Waals surface area contributed by atoms with Gasteiger partial charge in [-0.3, -0.25) is 5.32 Å². The van der Waals surface area contributed by atoms with Crippen LogP contribution in [0.1, 0.15) is 12.6 Å². The molecule has 1 heterocycles. The van der Waals surface area contributed by atoms with Gasteiger partial charge in [-0.2, -0.15) is 0 Å². The topological polar surface area (TPSA) is 64.4 Å². The molecule has 5 heteroatoms. The van der Waals surface area contributed by atoms with Crippen LogP contribution >= 0.6 is 0 Å². The van der Waals surface area contributed by atoms with Gasteiger partial charge in [-0.25, -0.2) is 4.79 Å². The highest BCUT2D eigenvalue weighted by molar-refractivity contribution is 5.82. The second-order valence-electron chi connectivity index (χ2n) is 2.18. The molecule has 0 radical (unpaired) electrons. The number of nitrogens with zero attached hydrogens (tertiary/aromatic N) is 1. The maximum Gasteiger partial charge on any atom is 0.414 e. The third-order valence-electron chi connectivity index (χ3n) is 1.13. The van der Waals surface area contributed by atoms with Gasteiger partial charge in [0.05, 0.1) is 12.3 Å². The van der Waals surface area contributed by atoms with Gasteiger partial charge in [-0.05, 0) is 13.8 Å². The van der Waals surface area contributed by atoms with Crippen LogP contribution in [-0.4, -0.2) is 17.9 Å². The molecule has 0 saturated heterocycles. The minimum absolute atomic E-state index is 0.297. The molecule has 0 saturated carbocycles. The van der Waals surface area contributed by atoms with Crippen molar-refractivity contribution in [2.24, 2.45) is 0 Å². The van der Waals surface area contributed by atoms with Crippen molar-refractivity contribution in [1.82, 2.24) is 5.16 Å².